The molecule has 0 spiro atoms. The largest absolute Gasteiger partial charge is 0.294 e. The molecule has 0 saturated carbocycles. The molecule has 74 valence electrons. The van der Waals surface area contributed by atoms with Gasteiger partial charge in [-0.05, 0) is 36.4 Å². The van der Waals surface area contributed by atoms with E-state index in [0.717, 1.165) is 17.9 Å². The molecule has 1 nitrogen and oxygen atoms in total. The highest BCUT2D eigenvalue weighted by atomic mass is 32.2. The second-order valence-corrected chi connectivity index (χ2v) is 4.58. The molecule has 0 amide bonds. The lowest BCUT2D eigenvalue weighted by atomic mass is 9.97. The molecule has 2 rings (SSSR count). The Morgan fingerprint density at radius 2 is 2.07 bits per heavy atom. The summed E-state index contributed by atoms with van der Waals surface area (Å²) in [6.07, 6.45) is 0.959. The number of Topliss-reactive ketones (excluding diaryl/α,β-unsaturated/α-hetero) is 1. The number of carbonyl (C=O) groups excluding carboxylic acids is 1. The van der Waals surface area contributed by atoms with Gasteiger partial charge in [-0.25, -0.2) is 4.39 Å². The highest BCUT2D eigenvalue weighted by molar-refractivity contribution is 7.99. The third-order valence-corrected chi connectivity index (χ3v) is 3.59. The maximum atomic E-state index is 12.6. The number of benzene rings is 1. The summed E-state index contributed by atoms with van der Waals surface area (Å²) in [6, 6.07) is 5.83. The van der Waals surface area contributed by atoms with Gasteiger partial charge < -0.3 is 0 Å². The fraction of sp³-hybridized carbons (Fsp3) is 0.364. The number of halogens is 1. The second-order valence-electron chi connectivity index (χ2n) is 3.43. The summed E-state index contributed by atoms with van der Waals surface area (Å²) in [5.41, 5.74) is 0.638. The van der Waals surface area contributed by atoms with E-state index in [0.29, 0.717) is 5.56 Å². The lowest BCUT2D eigenvalue weighted by Gasteiger charge is -2.06. The van der Waals surface area contributed by atoms with Crippen LogP contribution in [-0.4, -0.2) is 17.3 Å². The van der Waals surface area contributed by atoms with E-state index in [1.807, 2.05) is 11.8 Å². The SMILES string of the molecule is O=C(c1ccc(F)cc1)C1CCSC1. The van der Waals surface area contributed by atoms with Crippen molar-refractivity contribution in [3.05, 3.63) is 35.6 Å². The van der Waals surface area contributed by atoms with Crippen molar-refractivity contribution >= 4 is 17.5 Å². The lowest BCUT2D eigenvalue weighted by molar-refractivity contribution is 0.0933. The smallest absolute Gasteiger partial charge is 0.166 e. The van der Waals surface area contributed by atoms with Gasteiger partial charge in [0.25, 0.3) is 0 Å². The molecule has 0 bridgehead atoms. The van der Waals surface area contributed by atoms with Gasteiger partial charge in [-0.3, -0.25) is 4.79 Å². The molecule has 0 aliphatic carbocycles. The molecule has 0 N–H and O–H groups in total. The van der Waals surface area contributed by atoms with Crippen molar-refractivity contribution in [2.45, 2.75) is 6.42 Å². The Kier molecular flexibility index (Phi) is 2.87. The van der Waals surface area contributed by atoms with Crippen LogP contribution < -0.4 is 0 Å². The van der Waals surface area contributed by atoms with Gasteiger partial charge in [-0.2, -0.15) is 11.8 Å². The summed E-state index contributed by atoms with van der Waals surface area (Å²) >= 11 is 1.81. The van der Waals surface area contributed by atoms with Crippen LogP contribution in [0, 0.1) is 11.7 Å². The first kappa shape index (κ1) is 9.71. The number of rotatable bonds is 2. The van der Waals surface area contributed by atoms with E-state index in [2.05, 4.69) is 0 Å². The Morgan fingerprint density at radius 1 is 1.36 bits per heavy atom. The maximum Gasteiger partial charge on any atom is 0.166 e. The van der Waals surface area contributed by atoms with Crippen molar-refractivity contribution in [3.8, 4) is 0 Å². The average molecular weight is 210 g/mol. The molecule has 1 unspecified atom stereocenters. The van der Waals surface area contributed by atoms with Gasteiger partial charge in [-0.1, -0.05) is 0 Å². The highest BCUT2D eigenvalue weighted by Gasteiger charge is 2.23. The van der Waals surface area contributed by atoms with Crippen LogP contribution in [0.25, 0.3) is 0 Å². The first-order valence-corrected chi connectivity index (χ1v) is 5.80. The Balaban J connectivity index is 2.14. The Morgan fingerprint density at radius 3 is 2.64 bits per heavy atom. The molecule has 1 heterocycles. The van der Waals surface area contributed by atoms with Crippen LogP contribution in [0.3, 0.4) is 0 Å². The van der Waals surface area contributed by atoms with E-state index in [4.69, 9.17) is 0 Å². The first-order chi connectivity index (χ1) is 6.77. The Bertz CT molecular complexity index is 328. The molecule has 1 saturated heterocycles. The van der Waals surface area contributed by atoms with E-state index >= 15 is 0 Å². The summed E-state index contributed by atoms with van der Waals surface area (Å²) in [5.74, 6) is 2.00. The van der Waals surface area contributed by atoms with Gasteiger partial charge >= 0.3 is 0 Å². The minimum Gasteiger partial charge on any atom is -0.294 e. The third kappa shape index (κ3) is 1.98. The summed E-state index contributed by atoms with van der Waals surface area (Å²) in [4.78, 5) is 11.8. The van der Waals surface area contributed by atoms with E-state index in [9.17, 15) is 9.18 Å². The summed E-state index contributed by atoms with van der Waals surface area (Å²) in [6.45, 7) is 0. The summed E-state index contributed by atoms with van der Waals surface area (Å²) in [7, 11) is 0. The van der Waals surface area contributed by atoms with Crippen LogP contribution in [-0.2, 0) is 0 Å². The minimum atomic E-state index is -0.289. The van der Waals surface area contributed by atoms with Crippen molar-refractivity contribution in [1.82, 2.24) is 0 Å². The number of thioether (sulfide) groups is 1. The van der Waals surface area contributed by atoms with Crippen LogP contribution >= 0.6 is 11.8 Å². The van der Waals surface area contributed by atoms with Crippen molar-refractivity contribution in [1.29, 1.82) is 0 Å². The van der Waals surface area contributed by atoms with Crippen LogP contribution in [0.15, 0.2) is 24.3 Å². The van der Waals surface area contributed by atoms with Gasteiger partial charge in [0.05, 0.1) is 0 Å². The normalized spacial score (nSPS) is 21.1. The first-order valence-electron chi connectivity index (χ1n) is 4.65. The zero-order valence-corrected chi connectivity index (χ0v) is 8.52. The predicted octanol–water partition coefficient (Wildman–Crippen LogP) is 2.76. The Labute approximate surface area is 86.7 Å². The summed E-state index contributed by atoms with van der Waals surface area (Å²) in [5, 5.41) is 0. The van der Waals surface area contributed by atoms with Gasteiger partial charge in [0.1, 0.15) is 5.82 Å². The zero-order valence-electron chi connectivity index (χ0n) is 7.70. The molecule has 1 fully saturated rings. The van der Waals surface area contributed by atoms with E-state index in [-0.39, 0.29) is 17.5 Å². The number of ketones is 1. The molecular formula is C11H11FOS. The van der Waals surface area contributed by atoms with Crippen molar-refractivity contribution in [2.24, 2.45) is 5.92 Å². The molecular weight excluding hydrogens is 199 g/mol. The van der Waals surface area contributed by atoms with Crippen LogP contribution in [0.5, 0.6) is 0 Å². The third-order valence-electron chi connectivity index (χ3n) is 2.43. The van der Waals surface area contributed by atoms with Gasteiger partial charge in [-0.15, -0.1) is 0 Å². The quantitative estimate of drug-likeness (QED) is 0.698. The molecule has 1 aromatic carbocycles. The molecule has 0 radical (unpaired) electrons. The number of carbonyl (C=O) groups is 1. The molecule has 0 aromatic heterocycles. The Hall–Kier alpha value is -0.830. The molecule has 1 aliphatic heterocycles. The van der Waals surface area contributed by atoms with Crippen molar-refractivity contribution in [2.75, 3.05) is 11.5 Å². The fourth-order valence-electron chi connectivity index (χ4n) is 1.59. The standard InChI is InChI=1S/C11H11FOS/c12-10-3-1-8(2-4-10)11(13)9-5-6-14-7-9/h1-4,9H,5-7H2. The fourth-order valence-corrected chi connectivity index (χ4v) is 2.81. The monoisotopic (exact) mass is 210 g/mol. The maximum absolute atomic E-state index is 12.6. The molecule has 1 aliphatic rings. The highest BCUT2D eigenvalue weighted by Crippen LogP contribution is 2.26. The number of hydrogen-bond acceptors (Lipinski definition) is 2. The van der Waals surface area contributed by atoms with E-state index in [1.165, 1.54) is 12.1 Å². The lowest BCUT2D eigenvalue weighted by Crippen LogP contribution is -2.13. The molecule has 3 heteroatoms. The van der Waals surface area contributed by atoms with Crippen LogP contribution in [0.1, 0.15) is 16.8 Å². The van der Waals surface area contributed by atoms with Gasteiger partial charge in [0.2, 0.25) is 0 Å². The van der Waals surface area contributed by atoms with Crippen LogP contribution in [0.4, 0.5) is 4.39 Å². The van der Waals surface area contributed by atoms with Crippen molar-refractivity contribution in [3.63, 3.8) is 0 Å². The number of hydrogen-bond donors (Lipinski definition) is 0. The predicted molar refractivity (Wildman–Crippen MR) is 56.2 cm³/mol. The second kappa shape index (κ2) is 4.13. The topological polar surface area (TPSA) is 17.1 Å². The molecule has 14 heavy (non-hydrogen) atoms. The zero-order chi connectivity index (χ0) is 9.97. The molecule has 1 atom stereocenters. The van der Waals surface area contributed by atoms with E-state index in [1.54, 1.807) is 12.1 Å². The van der Waals surface area contributed by atoms with Crippen molar-refractivity contribution < 1.29 is 9.18 Å². The van der Waals surface area contributed by atoms with Gasteiger partial charge in [0.15, 0.2) is 5.78 Å². The van der Waals surface area contributed by atoms with Gasteiger partial charge in [0, 0.05) is 17.2 Å². The van der Waals surface area contributed by atoms with E-state index < -0.39 is 0 Å². The average Bonchev–Trinajstić information content (AvgIpc) is 2.71. The molecule has 1 aromatic rings. The summed E-state index contributed by atoms with van der Waals surface area (Å²) < 4.78 is 12.6. The minimum absolute atomic E-state index is 0.144. The van der Waals surface area contributed by atoms with Crippen LogP contribution in [0.2, 0.25) is 0 Å².